The average molecular weight is 388 g/mol. The molecule has 0 saturated heterocycles. The lowest BCUT2D eigenvalue weighted by molar-refractivity contribution is -0.115. The molecular weight excluding hydrogens is 370 g/mol. The maximum absolute atomic E-state index is 12.4. The largest absolute Gasteiger partial charge is 0.416 e. The van der Waals surface area contributed by atoms with E-state index in [9.17, 15) is 4.79 Å². The molecule has 7 heteroatoms. The highest BCUT2D eigenvalue weighted by Gasteiger charge is 2.19. The van der Waals surface area contributed by atoms with Crippen molar-refractivity contribution in [1.29, 1.82) is 0 Å². The molecule has 5 nitrogen and oxygen atoms in total. The minimum Gasteiger partial charge on any atom is -0.416 e. The van der Waals surface area contributed by atoms with Gasteiger partial charge in [-0.3, -0.25) is 4.79 Å². The average Bonchev–Trinajstić information content (AvgIpc) is 3.05. The van der Waals surface area contributed by atoms with Crippen molar-refractivity contribution < 1.29 is 9.21 Å². The Kier molecular flexibility index (Phi) is 5.96. The zero-order valence-corrected chi connectivity index (χ0v) is 16.0. The third kappa shape index (κ3) is 4.86. The number of aryl methyl sites for hydroxylation is 1. The predicted molar refractivity (Wildman–Crippen MR) is 104 cm³/mol. The van der Waals surface area contributed by atoms with Crippen LogP contribution in [0.15, 0.2) is 58.2 Å². The highest BCUT2D eigenvalue weighted by Crippen LogP contribution is 2.25. The van der Waals surface area contributed by atoms with Crippen molar-refractivity contribution in [2.45, 2.75) is 30.7 Å². The summed E-state index contributed by atoms with van der Waals surface area (Å²) in [6.45, 7) is 3.71. The van der Waals surface area contributed by atoms with E-state index in [1.165, 1.54) is 11.8 Å². The Morgan fingerprint density at radius 3 is 2.77 bits per heavy atom. The molecule has 0 aliphatic rings. The molecule has 0 aliphatic carbocycles. The van der Waals surface area contributed by atoms with Gasteiger partial charge in [-0.1, -0.05) is 59.8 Å². The van der Waals surface area contributed by atoms with Gasteiger partial charge in [-0.15, -0.1) is 10.2 Å². The third-order valence-electron chi connectivity index (χ3n) is 3.75. The Hall–Kier alpha value is -2.31. The lowest BCUT2D eigenvalue weighted by Gasteiger charge is -2.12. The summed E-state index contributed by atoms with van der Waals surface area (Å²) in [6.07, 6.45) is 0.566. The number of hydrogen-bond donors (Lipinski definition) is 1. The molecule has 3 rings (SSSR count). The minimum atomic E-state index is -0.390. The van der Waals surface area contributed by atoms with E-state index >= 15 is 0 Å². The first-order chi connectivity index (χ1) is 12.5. The van der Waals surface area contributed by atoms with Gasteiger partial charge in [0, 0.05) is 10.7 Å². The molecule has 0 saturated carbocycles. The van der Waals surface area contributed by atoms with Gasteiger partial charge in [0.1, 0.15) is 0 Å². The fraction of sp³-hybridized carbons (Fsp3) is 0.211. The second-order valence-electron chi connectivity index (χ2n) is 5.83. The lowest BCUT2D eigenvalue weighted by Crippen LogP contribution is -2.22. The van der Waals surface area contributed by atoms with E-state index in [0.717, 1.165) is 11.1 Å². The normalized spacial score (nSPS) is 12.0. The molecule has 0 bridgehead atoms. The second-order valence-corrected chi connectivity index (χ2v) is 7.56. The molecule has 1 atom stereocenters. The van der Waals surface area contributed by atoms with Crippen LogP contribution < -0.4 is 5.32 Å². The number of anilines is 1. The zero-order valence-electron chi connectivity index (χ0n) is 14.4. The summed E-state index contributed by atoms with van der Waals surface area (Å²) in [5, 5.41) is 11.5. The monoisotopic (exact) mass is 387 g/mol. The van der Waals surface area contributed by atoms with Crippen molar-refractivity contribution in [2.24, 2.45) is 0 Å². The predicted octanol–water partition coefficient (Wildman–Crippen LogP) is 4.74. The molecule has 0 spiro atoms. The van der Waals surface area contributed by atoms with Crippen LogP contribution in [0, 0.1) is 6.92 Å². The topological polar surface area (TPSA) is 68.0 Å². The summed E-state index contributed by atoms with van der Waals surface area (Å²) in [4.78, 5) is 12.4. The number of halogens is 1. The van der Waals surface area contributed by atoms with Crippen LogP contribution in [0.5, 0.6) is 0 Å². The van der Waals surface area contributed by atoms with E-state index < -0.39 is 5.25 Å². The van der Waals surface area contributed by atoms with Gasteiger partial charge in [-0.05, 0) is 37.1 Å². The van der Waals surface area contributed by atoms with E-state index in [0.29, 0.717) is 28.2 Å². The molecule has 1 aromatic heterocycles. The van der Waals surface area contributed by atoms with Crippen molar-refractivity contribution in [3.63, 3.8) is 0 Å². The van der Waals surface area contributed by atoms with E-state index in [1.807, 2.05) is 43.3 Å². The first-order valence-electron chi connectivity index (χ1n) is 8.11. The van der Waals surface area contributed by atoms with Crippen LogP contribution in [-0.4, -0.2) is 21.4 Å². The summed E-state index contributed by atoms with van der Waals surface area (Å²) >= 11 is 7.22. The molecule has 1 N–H and O–H groups in total. The Morgan fingerprint density at radius 1 is 1.23 bits per heavy atom. The minimum absolute atomic E-state index is 0.150. The van der Waals surface area contributed by atoms with Crippen LogP contribution in [0.4, 0.5) is 5.69 Å². The standard InChI is InChI=1S/C19H18ClN3O2S/c1-12-8-9-15(20)11-16(12)21-18(24)13(2)26-19-23-22-17(25-19)10-14-6-4-3-5-7-14/h3-9,11,13H,10H2,1-2H3,(H,21,24)/t13-/m0/s1. The highest BCUT2D eigenvalue weighted by molar-refractivity contribution is 8.00. The van der Waals surface area contributed by atoms with Crippen molar-refractivity contribution in [2.75, 3.05) is 5.32 Å². The zero-order chi connectivity index (χ0) is 18.5. The maximum Gasteiger partial charge on any atom is 0.277 e. The molecular formula is C19H18ClN3O2S. The van der Waals surface area contributed by atoms with Gasteiger partial charge in [0.05, 0.1) is 11.7 Å². The van der Waals surface area contributed by atoms with E-state index in [4.69, 9.17) is 16.0 Å². The molecule has 134 valence electrons. The van der Waals surface area contributed by atoms with Crippen molar-refractivity contribution >= 4 is 35.0 Å². The molecule has 1 amide bonds. The molecule has 3 aromatic rings. The van der Waals surface area contributed by atoms with Crippen molar-refractivity contribution in [3.05, 3.63) is 70.6 Å². The summed E-state index contributed by atoms with van der Waals surface area (Å²) in [5.74, 6) is 0.375. The van der Waals surface area contributed by atoms with Gasteiger partial charge >= 0.3 is 0 Å². The summed E-state index contributed by atoms with van der Waals surface area (Å²) in [6, 6.07) is 15.3. The molecule has 0 unspecified atom stereocenters. The Bertz CT molecular complexity index is 899. The number of nitrogens with one attached hydrogen (secondary N) is 1. The van der Waals surface area contributed by atoms with Gasteiger partial charge in [-0.2, -0.15) is 0 Å². The van der Waals surface area contributed by atoms with E-state index in [-0.39, 0.29) is 5.91 Å². The highest BCUT2D eigenvalue weighted by atomic mass is 35.5. The first kappa shape index (κ1) is 18.5. The van der Waals surface area contributed by atoms with Gasteiger partial charge in [0.15, 0.2) is 0 Å². The first-order valence-corrected chi connectivity index (χ1v) is 9.37. The van der Waals surface area contributed by atoms with Gasteiger partial charge in [-0.25, -0.2) is 0 Å². The van der Waals surface area contributed by atoms with Gasteiger partial charge < -0.3 is 9.73 Å². The number of hydrogen-bond acceptors (Lipinski definition) is 5. The number of carbonyl (C=O) groups is 1. The quantitative estimate of drug-likeness (QED) is 0.618. The fourth-order valence-electron chi connectivity index (χ4n) is 2.30. The maximum atomic E-state index is 12.4. The number of rotatable bonds is 6. The Labute approximate surface area is 161 Å². The fourth-order valence-corrected chi connectivity index (χ4v) is 3.17. The van der Waals surface area contributed by atoms with Gasteiger partial charge in [0.2, 0.25) is 11.8 Å². The van der Waals surface area contributed by atoms with E-state index in [2.05, 4.69) is 15.5 Å². The molecule has 2 aromatic carbocycles. The van der Waals surface area contributed by atoms with Gasteiger partial charge in [0.25, 0.3) is 5.22 Å². The Morgan fingerprint density at radius 2 is 2.00 bits per heavy atom. The number of benzene rings is 2. The SMILES string of the molecule is Cc1ccc(Cl)cc1NC(=O)[C@H](C)Sc1nnc(Cc2ccccc2)o1. The van der Waals surface area contributed by atoms with Crippen LogP contribution >= 0.6 is 23.4 Å². The number of carbonyl (C=O) groups excluding carboxylic acids is 1. The van der Waals surface area contributed by atoms with Crippen LogP contribution in [0.2, 0.25) is 5.02 Å². The third-order valence-corrected chi connectivity index (χ3v) is 4.92. The molecule has 26 heavy (non-hydrogen) atoms. The molecule has 1 heterocycles. The van der Waals surface area contributed by atoms with Crippen LogP contribution in [-0.2, 0) is 11.2 Å². The van der Waals surface area contributed by atoms with Crippen molar-refractivity contribution in [3.8, 4) is 0 Å². The summed E-state index contributed by atoms with van der Waals surface area (Å²) in [5.41, 5.74) is 2.74. The molecule has 0 fully saturated rings. The van der Waals surface area contributed by atoms with Crippen LogP contribution in [0.1, 0.15) is 23.9 Å². The summed E-state index contributed by atoms with van der Waals surface area (Å²) < 4.78 is 5.64. The number of aromatic nitrogens is 2. The van der Waals surface area contributed by atoms with Crippen molar-refractivity contribution in [1.82, 2.24) is 10.2 Å². The molecule has 0 radical (unpaired) electrons. The lowest BCUT2D eigenvalue weighted by atomic mass is 10.2. The van der Waals surface area contributed by atoms with E-state index in [1.54, 1.807) is 19.1 Å². The van der Waals surface area contributed by atoms with Crippen LogP contribution in [0.25, 0.3) is 0 Å². The number of thioether (sulfide) groups is 1. The molecule has 0 aliphatic heterocycles. The second kappa shape index (κ2) is 8.38. The Balaban J connectivity index is 1.60. The number of amides is 1. The number of nitrogens with zero attached hydrogens (tertiary/aromatic N) is 2. The summed E-state index contributed by atoms with van der Waals surface area (Å²) in [7, 11) is 0. The smallest absolute Gasteiger partial charge is 0.277 e. The van der Waals surface area contributed by atoms with Crippen LogP contribution in [0.3, 0.4) is 0 Å².